The largest absolute Gasteiger partial charge is 0.497 e. The van der Waals surface area contributed by atoms with Crippen molar-refractivity contribution in [3.05, 3.63) is 70.8 Å². The summed E-state index contributed by atoms with van der Waals surface area (Å²) >= 11 is 0. The first-order valence-corrected chi connectivity index (χ1v) is 10.1. The topological polar surface area (TPSA) is 67.4 Å². The molecular formula is C25H30N2O3. The molecule has 158 valence electrons. The molecule has 30 heavy (non-hydrogen) atoms. The summed E-state index contributed by atoms with van der Waals surface area (Å²) in [6, 6.07) is 12.7. The van der Waals surface area contributed by atoms with Crippen LogP contribution >= 0.6 is 0 Å². The normalized spacial score (nSPS) is 16.4. The summed E-state index contributed by atoms with van der Waals surface area (Å²) in [6.07, 6.45) is 2.48. The molecule has 0 saturated heterocycles. The third-order valence-electron chi connectivity index (χ3n) is 4.91. The van der Waals surface area contributed by atoms with Crippen LogP contribution in [-0.4, -0.2) is 29.9 Å². The number of benzene rings is 2. The average molecular weight is 407 g/mol. The van der Waals surface area contributed by atoms with Crippen molar-refractivity contribution in [1.29, 1.82) is 0 Å². The maximum absolute atomic E-state index is 12.9. The van der Waals surface area contributed by atoms with Crippen molar-refractivity contribution < 1.29 is 14.3 Å². The van der Waals surface area contributed by atoms with Crippen LogP contribution < -0.4 is 15.4 Å². The molecule has 3 rings (SSSR count). The van der Waals surface area contributed by atoms with E-state index in [1.165, 1.54) is 5.56 Å². The van der Waals surface area contributed by atoms with Crippen molar-refractivity contribution in [2.24, 2.45) is 0 Å². The molecule has 0 radical (unpaired) electrons. The van der Waals surface area contributed by atoms with Gasteiger partial charge < -0.3 is 15.4 Å². The zero-order valence-electron chi connectivity index (χ0n) is 18.6. The van der Waals surface area contributed by atoms with Gasteiger partial charge in [-0.3, -0.25) is 9.59 Å². The van der Waals surface area contributed by atoms with Crippen molar-refractivity contribution in [2.75, 3.05) is 7.11 Å². The van der Waals surface area contributed by atoms with E-state index in [9.17, 15) is 9.59 Å². The van der Waals surface area contributed by atoms with Crippen LogP contribution in [0.3, 0.4) is 0 Å². The quantitative estimate of drug-likeness (QED) is 0.584. The number of fused-ring (bicyclic) bond motifs is 1. The first-order valence-electron chi connectivity index (χ1n) is 10.1. The molecule has 1 aliphatic rings. The lowest BCUT2D eigenvalue weighted by molar-refractivity contribution is 0.0918. The molecule has 1 amide bonds. The summed E-state index contributed by atoms with van der Waals surface area (Å²) in [5.41, 5.74) is 3.51. The number of allylic oxidation sites excluding steroid dienone is 1. The fourth-order valence-corrected chi connectivity index (χ4v) is 3.57. The molecule has 0 bridgehead atoms. The molecule has 1 heterocycles. The van der Waals surface area contributed by atoms with Gasteiger partial charge in [-0.05, 0) is 70.9 Å². The van der Waals surface area contributed by atoms with Crippen molar-refractivity contribution in [1.82, 2.24) is 10.6 Å². The second-order valence-corrected chi connectivity index (χ2v) is 9.41. The van der Waals surface area contributed by atoms with E-state index in [1.807, 2.05) is 32.9 Å². The van der Waals surface area contributed by atoms with Crippen LogP contribution in [0, 0.1) is 0 Å². The number of ether oxygens (including phenoxy) is 1. The average Bonchev–Trinajstić information content (AvgIpc) is 2.65. The highest BCUT2D eigenvalue weighted by atomic mass is 16.5. The first kappa shape index (κ1) is 21.6. The Morgan fingerprint density at radius 3 is 2.30 bits per heavy atom. The van der Waals surface area contributed by atoms with Gasteiger partial charge in [0.25, 0.3) is 5.91 Å². The van der Waals surface area contributed by atoms with Crippen LogP contribution in [0.2, 0.25) is 0 Å². The molecule has 0 unspecified atom stereocenters. The first-order chi connectivity index (χ1) is 14.0. The molecule has 5 heteroatoms. The van der Waals surface area contributed by atoms with E-state index in [0.29, 0.717) is 11.1 Å². The van der Waals surface area contributed by atoms with Crippen LogP contribution in [0.1, 0.15) is 66.5 Å². The van der Waals surface area contributed by atoms with Gasteiger partial charge in [-0.25, -0.2) is 0 Å². The lowest BCUT2D eigenvalue weighted by Crippen LogP contribution is -2.43. The van der Waals surface area contributed by atoms with Gasteiger partial charge in [-0.15, -0.1) is 0 Å². The van der Waals surface area contributed by atoms with Gasteiger partial charge in [0, 0.05) is 39.5 Å². The molecule has 0 aliphatic carbocycles. The van der Waals surface area contributed by atoms with Gasteiger partial charge >= 0.3 is 0 Å². The number of carbonyl (C=O) groups is 2. The number of hydrogen-bond acceptors (Lipinski definition) is 4. The molecule has 5 nitrogen and oxygen atoms in total. The van der Waals surface area contributed by atoms with Crippen LogP contribution in [0.25, 0.3) is 5.70 Å². The minimum absolute atomic E-state index is 0.119. The van der Waals surface area contributed by atoms with Crippen molar-refractivity contribution >= 4 is 17.4 Å². The monoisotopic (exact) mass is 406 g/mol. The summed E-state index contributed by atoms with van der Waals surface area (Å²) in [6.45, 7) is 10.0. The maximum Gasteiger partial charge on any atom is 0.251 e. The van der Waals surface area contributed by atoms with Crippen molar-refractivity contribution in [3.8, 4) is 5.75 Å². The van der Waals surface area contributed by atoms with Crippen molar-refractivity contribution in [3.63, 3.8) is 0 Å². The van der Waals surface area contributed by atoms with Crippen LogP contribution in [-0.2, 0) is 6.42 Å². The van der Waals surface area contributed by atoms with Gasteiger partial charge in [0.1, 0.15) is 5.75 Å². The third-order valence-corrected chi connectivity index (χ3v) is 4.91. The van der Waals surface area contributed by atoms with Gasteiger partial charge in [0.15, 0.2) is 5.78 Å². The predicted molar refractivity (Wildman–Crippen MR) is 120 cm³/mol. The van der Waals surface area contributed by atoms with E-state index in [-0.39, 0.29) is 22.8 Å². The molecule has 0 spiro atoms. The summed E-state index contributed by atoms with van der Waals surface area (Å²) in [5, 5.41) is 6.40. The number of methoxy groups -OCH3 is 1. The highest BCUT2D eigenvalue weighted by Gasteiger charge is 2.28. The molecular weight excluding hydrogens is 376 g/mol. The van der Waals surface area contributed by atoms with E-state index < -0.39 is 0 Å². The van der Waals surface area contributed by atoms with Gasteiger partial charge in [-0.2, -0.15) is 0 Å². The minimum atomic E-state index is -0.316. The second kappa shape index (κ2) is 7.98. The Labute approximate surface area is 178 Å². The SMILES string of the molecule is COc1ccc2c(c1)/C(=C/C(=O)c1ccc(C(=O)NC(C)(C)C)cc1)NC(C)(C)C2. The molecule has 1 aliphatic heterocycles. The van der Waals surface area contributed by atoms with Crippen LogP contribution in [0.15, 0.2) is 48.5 Å². The summed E-state index contributed by atoms with van der Waals surface area (Å²) in [4.78, 5) is 25.2. The summed E-state index contributed by atoms with van der Waals surface area (Å²) < 4.78 is 5.36. The van der Waals surface area contributed by atoms with E-state index in [2.05, 4.69) is 30.5 Å². The Morgan fingerprint density at radius 2 is 1.70 bits per heavy atom. The van der Waals surface area contributed by atoms with E-state index in [0.717, 1.165) is 23.4 Å². The smallest absolute Gasteiger partial charge is 0.251 e. The molecule has 0 fully saturated rings. The number of carbonyl (C=O) groups excluding carboxylic acids is 2. The van der Waals surface area contributed by atoms with E-state index >= 15 is 0 Å². The van der Waals surface area contributed by atoms with E-state index in [4.69, 9.17) is 4.74 Å². The van der Waals surface area contributed by atoms with Crippen LogP contribution in [0.4, 0.5) is 0 Å². The lowest BCUT2D eigenvalue weighted by Gasteiger charge is -2.35. The molecule has 0 saturated carbocycles. The molecule has 0 atom stereocenters. The Hall–Kier alpha value is -3.08. The molecule has 2 aromatic carbocycles. The zero-order valence-corrected chi connectivity index (χ0v) is 18.6. The second-order valence-electron chi connectivity index (χ2n) is 9.41. The minimum Gasteiger partial charge on any atom is -0.497 e. The highest BCUT2D eigenvalue weighted by Crippen LogP contribution is 2.32. The van der Waals surface area contributed by atoms with Crippen molar-refractivity contribution in [2.45, 2.75) is 52.1 Å². The lowest BCUT2D eigenvalue weighted by atomic mass is 9.85. The number of nitrogens with one attached hydrogen (secondary N) is 2. The fourth-order valence-electron chi connectivity index (χ4n) is 3.57. The zero-order chi connectivity index (χ0) is 22.1. The summed E-state index contributed by atoms with van der Waals surface area (Å²) in [5.74, 6) is 0.478. The molecule has 0 aromatic heterocycles. The summed E-state index contributed by atoms with van der Waals surface area (Å²) in [7, 11) is 1.63. The Morgan fingerprint density at radius 1 is 1.07 bits per heavy atom. The van der Waals surface area contributed by atoms with E-state index in [1.54, 1.807) is 37.5 Å². The Bertz CT molecular complexity index is 996. The predicted octanol–water partition coefficient (Wildman–Crippen LogP) is 4.37. The van der Waals surface area contributed by atoms with Gasteiger partial charge in [0.05, 0.1) is 7.11 Å². The third kappa shape index (κ3) is 5.09. The van der Waals surface area contributed by atoms with Gasteiger partial charge in [-0.1, -0.05) is 18.2 Å². The number of rotatable bonds is 4. The molecule has 2 aromatic rings. The number of amides is 1. The standard InChI is InChI=1S/C25H30N2O3/c1-24(2,3)27-23(29)17-9-7-16(8-10-17)22(28)14-21-20-13-19(30-6)12-11-18(20)15-25(4,5)26-21/h7-14,26H,15H2,1-6H3,(H,27,29)/b21-14-. The maximum atomic E-state index is 12.9. The Balaban J connectivity index is 1.88. The number of hydrogen-bond donors (Lipinski definition) is 2. The highest BCUT2D eigenvalue weighted by molar-refractivity contribution is 6.09. The van der Waals surface area contributed by atoms with Gasteiger partial charge in [0.2, 0.25) is 0 Å². The van der Waals surface area contributed by atoms with Crippen LogP contribution in [0.5, 0.6) is 5.75 Å². The Kier molecular flexibility index (Phi) is 5.75. The molecule has 2 N–H and O–H groups in total. The fraction of sp³-hybridized carbons (Fsp3) is 0.360. The number of ketones is 1.